The van der Waals surface area contributed by atoms with Gasteiger partial charge in [0.2, 0.25) is 0 Å². The lowest BCUT2D eigenvalue weighted by molar-refractivity contribution is 0.0591. The second-order valence-corrected chi connectivity index (χ2v) is 5.77. The van der Waals surface area contributed by atoms with Crippen LogP contribution < -0.4 is 4.74 Å². The highest BCUT2D eigenvalue weighted by Gasteiger charge is 2.05. The van der Waals surface area contributed by atoms with Gasteiger partial charge in [0.05, 0.1) is 32.0 Å². The third-order valence-corrected chi connectivity index (χ3v) is 3.24. The van der Waals surface area contributed by atoms with E-state index in [9.17, 15) is 18.4 Å². The number of phenolic OH excluding ortho intramolecular Hbond substituents is 1. The quantitative estimate of drug-likeness (QED) is 0.492. The van der Waals surface area contributed by atoms with Gasteiger partial charge in [-0.25, -0.2) is 14.0 Å². The standard InChI is InChI=1S/C10H11FO3.C8H8O3.C2H4BrF/c1-13-10(12)8-3-2-4-9(7-8)14-6-5-11;1-11-8(10)6-3-2-4-7(9)5-6;3-1-2-4/h2-4,7H,5-6H2,1H3;2-5,9H,1H3;1-2H2. The Bertz CT molecular complexity index is 740. The smallest absolute Gasteiger partial charge is 0.337 e. The molecule has 0 aliphatic rings. The molecule has 1 N–H and O–H groups in total. The summed E-state index contributed by atoms with van der Waals surface area (Å²) in [5.74, 6) is -0.352. The SMILES string of the molecule is COC(=O)c1cccc(O)c1.COC(=O)c1cccc(OCCF)c1.FCCBr. The van der Waals surface area contributed by atoms with Crippen molar-refractivity contribution in [2.45, 2.75) is 0 Å². The molecule has 0 unspecified atom stereocenters. The van der Waals surface area contributed by atoms with E-state index in [4.69, 9.17) is 9.84 Å². The van der Waals surface area contributed by atoms with E-state index >= 15 is 0 Å². The van der Waals surface area contributed by atoms with Crippen LogP contribution in [0.15, 0.2) is 48.5 Å². The highest BCUT2D eigenvalue weighted by Crippen LogP contribution is 2.14. The predicted octanol–water partition coefficient (Wildman–Crippen LogP) is 4.35. The van der Waals surface area contributed by atoms with Crippen LogP contribution in [0.5, 0.6) is 11.5 Å². The molecule has 6 nitrogen and oxygen atoms in total. The second-order valence-electron chi connectivity index (χ2n) is 4.98. The van der Waals surface area contributed by atoms with Crippen LogP contribution in [0, 0.1) is 0 Å². The van der Waals surface area contributed by atoms with Crippen molar-refractivity contribution in [3.8, 4) is 11.5 Å². The molecule has 9 heteroatoms. The first kappa shape index (κ1) is 26.3. The molecular weight excluding hydrogens is 454 g/mol. The Kier molecular flexibility index (Phi) is 14.8. The van der Waals surface area contributed by atoms with E-state index in [0.29, 0.717) is 22.2 Å². The number of phenols is 1. The Morgan fingerprint density at radius 3 is 1.90 bits per heavy atom. The molecule has 0 amide bonds. The fourth-order valence-electron chi connectivity index (χ4n) is 1.74. The van der Waals surface area contributed by atoms with Crippen LogP contribution in [0.3, 0.4) is 0 Å². The maximum absolute atomic E-state index is 11.8. The van der Waals surface area contributed by atoms with E-state index in [0.717, 1.165) is 0 Å². The summed E-state index contributed by atoms with van der Waals surface area (Å²) in [6.07, 6.45) is 0. The van der Waals surface area contributed by atoms with Crippen LogP contribution in [0.2, 0.25) is 0 Å². The van der Waals surface area contributed by atoms with Gasteiger partial charge < -0.3 is 19.3 Å². The van der Waals surface area contributed by atoms with Gasteiger partial charge in [0.1, 0.15) is 24.8 Å². The third-order valence-electron chi connectivity index (χ3n) is 2.94. The summed E-state index contributed by atoms with van der Waals surface area (Å²) in [7, 11) is 2.60. The number of carbonyl (C=O) groups excluding carboxylic acids is 2. The molecule has 0 bridgehead atoms. The average Bonchev–Trinajstić information content (AvgIpc) is 2.77. The zero-order valence-corrected chi connectivity index (χ0v) is 17.7. The summed E-state index contributed by atoms with van der Waals surface area (Å²) in [5.41, 5.74) is 0.747. The van der Waals surface area contributed by atoms with Crippen molar-refractivity contribution in [2.24, 2.45) is 0 Å². The van der Waals surface area contributed by atoms with E-state index in [2.05, 4.69) is 25.4 Å². The maximum Gasteiger partial charge on any atom is 0.337 e. The molecule has 0 spiro atoms. The molecule has 29 heavy (non-hydrogen) atoms. The van der Waals surface area contributed by atoms with Gasteiger partial charge in [-0.2, -0.15) is 0 Å². The average molecular weight is 477 g/mol. The van der Waals surface area contributed by atoms with Crippen molar-refractivity contribution in [2.75, 3.05) is 39.5 Å². The molecule has 0 fully saturated rings. The minimum absolute atomic E-state index is 0.00930. The third kappa shape index (κ3) is 11.7. The molecule has 0 saturated carbocycles. The lowest BCUT2D eigenvalue weighted by Gasteiger charge is -2.04. The minimum atomic E-state index is -0.553. The number of carbonyl (C=O) groups is 2. The number of esters is 2. The fourth-order valence-corrected chi connectivity index (χ4v) is 1.74. The van der Waals surface area contributed by atoms with Gasteiger partial charge in [-0.1, -0.05) is 28.1 Å². The topological polar surface area (TPSA) is 82.1 Å². The molecule has 2 aromatic rings. The number of hydrogen-bond donors (Lipinski definition) is 1. The summed E-state index contributed by atoms with van der Waals surface area (Å²) in [4.78, 5) is 21.9. The Morgan fingerprint density at radius 1 is 0.931 bits per heavy atom. The molecule has 0 aliphatic carbocycles. The summed E-state index contributed by atoms with van der Waals surface area (Å²) in [6, 6.07) is 12.4. The van der Waals surface area contributed by atoms with Gasteiger partial charge in [0.25, 0.3) is 0 Å². The number of alkyl halides is 3. The largest absolute Gasteiger partial charge is 0.508 e. The lowest BCUT2D eigenvalue weighted by Crippen LogP contribution is -2.03. The van der Waals surface area contributed by atoms with E-state index in [1.165, 1.54) is 32.4 Å². The highest BCUT2D eigenvalue weighted by atomic mass is 79.9. The van der Waals surface area contributed by atoms with Crippen LogP contribution in [0.25, 0.3) is 0 Å². The first-order valence-corrected chi connectivity index (χ1v) is 9.42. The van der Waals surface area contributed by atoms with Gasteiger partial charge in [-0.05, 0) is 36.4 Å². The zero-order chi connectivity index (χ0) is 22.1. The molecule has 0 heterocycles. The molecule has 2 rings (SSSR count). The van der Waals surface area contributed by atoms with E-state index in [1.807, 2.05) is 0 Å². The highest BCUT2D eigenvalue weighted by molar-refractivity contribution is 9.09. The van der Waals surface area contributed by atoms with Gasteiger partial charge in [-0.3, -0.25) is 4.39 Å². The van der Waals surface area contributed by atoms with E-state index < -0.39 is 18.6 Å². The molecule has 0 aromatic heterocycles. The summed E-state index contributed by atoms with van der Waals surface area (Å²) in [5, 5.41) is 9.41. The number of methoxy groups -OCH3 is 2. The van der Waals surface area contributed by atoms with Crippen LogP contribution in [-0.2, 0) is 9.47 Å². The van der Waals surface area contributed by atoms with Crippen molar-refractivity contribution in [1.29, 1.82) is 0 Å². The van der Waals surface area contributed by atoms with Crippen molar-refractivity contribution in [1.82, 2.24) is 0 Å². The first-order chi connectivity index (χ1) is 13.9. The minimum Gasteiger partial charge on any atom is -0.508 e. The normalized spacial score (nSPS) is 9.14. The summed E-state index contributed by atoms with van der Waals surface area (Å²) < 4.78 is 36.4. The predicted molar refractivity (Wildman–Crippen MR) is 108 cm³/mol. The van der Waals surface area contributed by atoms with Gasteiger partial charge in [-0.15, -0.1) is 0 Å². The van der Waals surface area contributed by atoms with Crippen LogP contribution >= 0.6 is 15.9 Å². The van der Waals surface area contributed by atoms with Crippen molar-refractivity contribution in [3.63, 3.8) is 0 Å². The maximum atomic E-state index is 11.8. The second kappa shape index (κ2) is 16.3. The number of aromatic hydroxyl groups is 1. The van der Waals surface area contributed by atoms with Crippen molar-refractivity contribution >= 4 is 27.9 Å². The molecule has 2 aromatic carbocycles. The Balaban J connectivity index is 0.000000466. The summed E-state index contributed by atoms with van der Waals surface area (Å²) >= 11 is 2.87. The van der Waals surface area contributed by atoms with Crippen LogP contribution in [0.1, 0.15) is 20.7 Å². The van der Waals surface area contributed by atoms with Crippen molar-refractivity contribution < 1.29 is 37.7 Å². The lowest BCUT2D eigenvalue weighted by atomic mass is 10.2. The monoisotopic (exact) mass is 476 g/mol. The Labute approximate surface area is 176 Å². The summed E-state index contributed by atoms with van der Waals surface area (Å²) in [6.45, 7) is -0.826. The van der Waals surface area contributed by atoms with Crippen LogP contribution in [0.4, 0.5) is 8.78 Å². The van der Waals surface area contributed by atoms with Gasteiger partial charge in [0, 0.05) is 5.33 Å². The molecule has 0 aliphatic heterocycles. The van der Waals surface area contributed by atoms with Crippen LogP contribution in [-0.4, -0.2) is 56.6 Å². The molecular formula is C20H23BrF2O6. The zero-order valence-electron chi connectivity index (χ0n) is 16.1. The number of halogens is 3. The van der Waals surface area contributed by atoms with Crippen molar-refractivity contribution in [3.05, 3.63) is 59.7 Å². The first-order valence-electron chi connectivity index (χ1n) is 8.29. The number of benzene rings is 2. The molecule has 0 saturated heterocycles. The fraction of sp³-hybridized carbons (Fsp3) is 0.300. The Morgan fingerprint density at radius 2 is 1.45 bits per heavy atom. The van der Waals surface area contributed by atoms with E-state index in [-0.39, 0.29) is 19.0 Å². The molecule has 160 valence electrons. The number of hydrogen-bond acceptors (Lipinski definition) is 6. The van der Waals surface area contributed by atoms with Gasteiger partial charge in [0.15, 0.2) is 0 Å². The number of ether oxygens (including phenoxy) is 3. The number of rotatable bonds is 6. The molecule has 0 radical (unpaired) electrons. The van der Waals surface area contributed by atoms with E-state index in [1.54, 1.807) is 30.3 Å². The Hall–Kier alpha value is -2.68. The molecule has 0 atom stereocenters. The van der Waals surface area contributed by atoms with Gasteiger partial charge >= 0.3 is 11.9 Å².